The minimum absolute atomic E-state index is 0.125. The molecule has 1 unspecified atom stereocenters. The van der Waals surface area contributed by atoms with Gasteiger partial charge >= 0.3 is 6.18 Å². The van der Waals surface area contributed by atoms with E-state index in [2.05, 4.69) is 16.5 Å². The average molecular weight is 567 g/mol. The Morgan fingerprint density at radius 2 is 1.88 bits per heavy atom. The maximum atomic E-state index is 14.4. The van der Waals surface area contributed by atoms with E-state index in [4.69, 9.17) is 10.8 Å². The van der Waals surface area contributed by atoms with E-state index >= 15 is 0 Å². The zero-order chi connectivity index (χ0) is 29.3. The Bertz CT molecular complexity index is 1630. The van der Waals surface area contributed by atoms with Crippen LogP contribution in [0.5, 0.6) is 0 Å². The summed E-state index contributed by atoms with van der Waals surface area (Å²) < 4.78 is 55.2. The molecule has 2 N–H and O–H groups in total. The molecule has 1 atom stereocenters. The number of ketones is 1. The van der Waals surface area contributed by atoms with Crippen LogP contribution in [0.25, 0.3) is 22.3 Å². The number of piperidine rings is 1. The van der Waals surface area contributed by atoms with Gasteiger partial charge in [-0.05, 0) is 43.0 Å². The van der Waals surface area contributed by atoms with E-state index in [0.29, 0.717) is 41.4 Å². The summed E-state index contributed by atoms with van der Waals surface area (Å²) >= 11 is 0. The first-order chi connectivity index (χ1) is 19.6. The van der Waals surface area contributed by atoms with Crippen LogP contribution in [0.15, 0.2) is 61.4 Å². The van der Waals surface area contributed by atoms with Gasteiger partial charge < -0.3 is 10.6 Å². The third kappa shape index (κ3) is 5.54. The topological polar surface area (TPSA) is 107 Å². The van der Waals surface area contributed by atoms with Gasteiger partial charge in [-0.1, -0.05) is 36.9 Å². The first-order valence-electron chi connectivity index (χ1n) is 13.0. The number of rotatable bonds is 7. The monoisotopic (exact) mass is 566 g/mol. The highest BCUT2D eigenvalue weighted by Crippen LogP contribution is 2.35. The van der Waals surface area contributed by atoms with Crippen LogP contribution in [-0.2, 0) is 17.4 Å². The van der Waals surface area contributed by atoms with Gasteiger partial charge in [0, 0.05) is 25.1 Å². The zero-order valence-corrected chi connectivity index (χ0v) is 21.9. The number of carbonyl (C=O) groups excluding carboxylic acids is 2. The van der Waals surface area contributed by atoms with Crippen LogP contribution in [0.2, 0.25) is 0 Å². The number of aryl methyl sites for hydroxylation is 1. The van der Waals surface area contributed by atoms with Gasteiger partial charge in [-0.2, -0.15) is 18.3 Å². The molecule has 1 fully saturated rings. The summed E-state index contributed by atoms with van der Waals surface area (Å²) in [6.45, 7) is 4.66. The van der Waals surface area contributed by atoms with Crippen molar-refractivity contribution in [1.82, 2.24) is 24.6 Å². The second-order valence-electron chi connectivity index (χ2n) is 9.82. The second kappa shape index (κ2) is 11.1. The van der Waals surface area contributed by atoms with Gasteiger partial charge in [0.2, 0.25) is 5.91 Å². The molecular weight excluding hydrogens is 540 g/mol. The summed E-state index contributed by atoms with van der Waals surface area (Å²) in [7, 11) is 0. The van der Waals surface area contributed by atoms with Crippen molar-refractivity contribution in [1.29, 1.82) is 0 Å². The Morgan fingerprint density at radius 3 is 2.59 bits per heavy atom. The molecule has 0 radical (unpaired) electrons. The lowest BCUT2D eigenvalue weighted by Crippen LogP contribution is -2.40. The van der Waals surface area contributed by atoms with Gasteiger partial charge in [0.15, 0.2) is 11.4 Å². The minimum Gasteiger partial charge on any atom is -0.383 e. The number of alkyl halides is 3. The molecule has 1 amide bonds. The maximum Gasteiger partial charge on any atom is 0.419 e. The fraction of sp³-hybridized carbons (Fsp3) is 0.276. The van der Waals surface area contributed by atoms with Gasteiger partial charge in [0.1, 0.15) is 23.7 Å². The van der Waals surface area contributed by atoms with Crippen LogP contribution in [-0.4, -0.2) is 49.4 Å². The van der Waals surface area contributed by atoms with Crippen molar-refractivity contribution in [3.63, 3.8) is 0 Å². The lowest BCUT2D eigenvalue weighted by molar-refractivity contribution is -0.140. The lowest BCUT2D eigenvalue weighted by atomic mass is 9.99. The number of aromatic nitrogens is 4. The number of fused-ring (bicyclic) bond motifs is 1. The molecule has 0 saturated carbocycles. The molecular formula is C29H26F4N6O2. The fourth-order valence-corrected chi connectivity index (χ4v) is 5.12. The van der Waals surface area contributed by atoms with E-state index in [1.165, 1.54) is 12.4 Å². The van der Waals surface area contributed by atoms with Crippen molar-refractivity contribution >= 4 is 28.5 Å². The molecule has 1 aliphatic rings. The molecule has 2 aromatic carbocycles. The van der Waals surface area contributed by atoms with Crippen LogP contribution in [0.4, 0.5) is 23.4 Å². The highest BCUT2D eigenvalue weighted by molar-refractivity contribution is 5.98. The number of nitrogens with two attached hydrogens (primary N) is 1. The average Bonchev–Trinajstić information content (AvgIpc) is 3.36. The quantitative estimate of drug-likeness (QED) is 0.182. The molecule has 0 aliphatic carbocycles. The Labute approximate surface area is 232 Å². The number of amides is 1. The molecule has 0 spiro atoms. The predicted octanol–water partition coefficient (Wildman–Crippen LogP) is 5.40. The number of halogens is 4. The maximum absolute atomic E-state index is 14.4. The van der Waals surface area contributed by atoms with Crippen molar-refractivity contribution in [2.45, 2.75) is 37.9 Å². The van der Waals surface area contributed by atoms with Crippen molar-refractivity contribution in [3.8, 4) is 11.3 Å². The smallest absolute Gasteiger partial charge is 0.383 e. The first kappa shape index (κ1) is 27.9. The molecule has 1 aliphatic heterocycles. The first-order valence-corrected chi connectivity index (χ1v) is 13.0. The van der Waals surface area contributed by atoms with Crippen molar-refractivity contribution < 1.29 is 27.2 Å². The summed E-state index contributed by atoms with van der Waals surface area (Å²) in [5.74, 6) is -2.17. The van der Waals surface area contributed by atoms with Crippen LogP contribution in [0.3, 0.4) is 0 Å². The number of hydrogen-bond acceptors (Lipinski definition) is 6. The molecule has 212 valence electrons. The van der Waals surface area contributed by atoms with Gasteiger partial charge in [0.05, 0.1) is 22.6 Å². The molecule has 4 aromatic rings. The Hall–Kier alpha value is -4.61. The SMILES string of the molecule is C=CC(=O)N1CCCC(n2nc(-c3ccc(CCC(=O)c4cccc(C(F)(F)F)c4F)cc3)c3c(N)ncnc32)C1. The standard InChI is InChI=1S/C29H26F4N6O2/c1-2-23(41)38-14-4-5-19(15-38)39-28-24(27(34)35-16-36-28)26(37-39)18-11-8-17(9-12-18)10-13-22(40)20-6-3-7-21(25(20)30)29(31,32)33/h2-3,6-9,11-12,16,19H,1,4-5,10,13-15H2,(H2,34,35,36). The Balaban J connectivity index is 1.37. The summed E-state index contributed by atoms with van der Waals surface area (Å²) in [6, 6.07) is 9.67. The van der Waals surface area contributed by atoms with Crippen molar-refractivity contribution in [2.24, 2.45) is 0 Å². The third-order valence-electron chi connectivity index (χ3n) is 7.22. The summed E-state index contributed by atoms with van der Waals surface area (Å²) in [5, 5.41) is 5.40. The van der Waals surface area contributed by atoms with Crippen molar-refractivity contribution in [3.05, 3.63) is 84.0 Å². The number of anilines is 1. The van der Waals surface area contributed by atoms with Crippen LogP contribution in [0.1, 0.15) is 46.8 Å². The summed E-state index contributed by atoms with van der Waals surface area (Å²) in [5.41, 5.74) is 6.73. The second-order valence-corrected chi connectivity index (χ2v) is 9.82. The summed E-state index contributed by atoms with van der Waals surface area (Å²) in [4.78, 5) is 35.0. The molecule has 5 rings (SSSR count). The van der Waals surface area contributed by atoms with E-state index < -0.39 is 28.9 Å². The van der Waals surface area contributed by atoms with E-state index in [0.717, 1.165) is 30.5 Å². The molecule has 2 aromatic heterocycles. The van der Waals surface area contributed by atoms with Crippen molar-refractivity contribution in [2.75, 3.05) is 18.8 Å². The summed E-state index contributed by atoms with van der Waals surface area (Å²) in [6.07, 6.45) is -0.619. The van der Waals surface area contributed by atoms with E-state index in [1.807, 2.05) is 0 Å². The van der Waals surface area contributed by atoms with Gasteiger partial charge in [0.25, 0.3) is 0 Å². The predicted molar refractivity (Wildman–Crippen MR) is 144 cm³/mol. The highest BCUT2D eigenvalue weighted by Gasteiger charge is 2.35. The van der Waals surface area contributed by atoms with Gasteiger partial charge in [-0.3, -0.25) is 9.59 Å². The van der Waals surface area contributed by atoms with Crippen LogP contribution in [0, 0.1) is 5.82 Å². The lowest BCUT2D eigenvalue weighted by Gasteiger charge is -2.32. The highest BCUT2D eigenvalue weighted by atomic mass is 19.4. The zero-order valence-electron chi connectivity index (χ0n) is 21.9. The number of Topliss-reactive ketones (excluding diaryl/α,β-unsaturated/α-hetero) is 1. The number of nitrogen functional groups attached to an aromatic ring is 1. The normalized spacial score (nSPS) is 15.7. The Morgan fingerprint density at radius 1 is 1.12 bits per heavy atom. The largest absolute Gasteiger partial charge is 0.419 e. The number of nitrogens with zero attached hydrogens (tertiary/aromatic N) is 5. The number of carbonyl (C=O) groups is 2. The number of benzene rings is 2. The van der Waals surface area contributed by atoms with Gasteiger partial charge in [-0.25, -0.2) is 19.0 Å². The number of likely N-dealkylation sites (tertiary alicyclic amines) is 1. The molecule has 0 bridgehead atoms. The molecule has 8 nitrogen and oxygen atoms in total. The fourth-order valence-electron chi connectivity index (χ4n) is 5.12. The minimum atomic E-state index is -4.89. The molecule has 41 heavy (non-hydrogen) atoms. The van der Waals surface area contributed by atoms with E-state index in [9.17, 15) is 27.2 Å². The van der Waals surface area contributed by atoms with Gasteiger partial charge in [-0.15, -0.1) is 0 Å². The molecule has 3 heterocycles. The molecule has 12 heteroatoms. The van der Waals surface area contributed by atoms with Crippen LogP contribution >= 0.6 is 0 Å². The number of hydrogen-bond donors (Lipinski definition) is 1. The van der Waals surface area contributed by atoms with Crippen LogP contribution < -0.4 is 5.73 Å². The molecule has 1 saturated heterocycles. The van der Waals surface area contributed by atoms with E-state index in [-0.39, 0.29) is 30.6 Å². The third-order valence-corrected chi connectivity index (χ3v) is 7.22. The van der Waals surface area contributed by atoms with E-state index in [1.54, 1.807) is 33.8 Å². The Kier molecular flexibility index (Phi) is 7.57.